The van der Waals surface area contributed by atoms with Gasteiger partial charge in [0.2, 0.25) is 15.9 Å². The molecule has 5 N–H and O–H groups in total. The Bertz CT molecular complexity index is 614. The first-order valence-electron chi connectivity index (χ1n) is 6.92. The van der Waals surface area contributed by atoms with Gasteiger partial charge in [-0.15, -0.1) is 0 Å². The topological polar surface area (TPSA) is 115 Å². The third kappa shape index (κ3) is 4.52. The van der Waals surface area contributed by atoms with Crippen LogP contribution in [0.3, 0.4) is 0 Å². The minimum atomic E-state index is -3.83. The molecular weight excluding hydrogens is 290 g/mol. The summed E-state index contributed by atoms with van der Waals surface area (Å²) in [5, 5.41) is 7.83. The quantitative estimate of drug-likeness (QED) is 0.732. The molecule has 1 rings (SSSR count). The molecule has 0 saturated heterocycles. The molecule has 7 heteroatoms. The van der Waals surface area contributed by atoms with E-state index in [1.807, 2.05) is 20.8 Å². The number of amides is 1. The van der Waals surface area contributed by atoms with Gasteiger partial charge in [-0.1, -0.05) is 33.3 Å². The van der Waals surface area contributed by atoms with Gasteiger partial charge in [0, 0.05) is 5.69 Å². The molecule has 6 nitrogen and oxygen atoms in total. The van der Waals surface area contributed by atoms with E-state index < -0.39 is 16.1 Å². The second kappa shape index (κ2) is 7.02. The van der Waals surface area contributed by atoms with Crippen molar-refractivity contribution in [3.8, 4) is 0 Å². The number of carbonyl (C=O) groups excluding carboxylic acids is 1. The molecule has 0 aromatic heterocycles. The minimum absolute atomic E-state index is 0.0277. The lowest BCUT2D eigenvalue weighted by molar-refractivity contribution is -0.118. The lowest BCUT2D eigenvalue weighted by atomic mass is 9.99. The van der Waals surface area contributed by atoms with Crippen LogP contribution in [0.5, 0.6) is 0 Å². The zero-order valence-corrected chi connectivity index (χ0v) is 13.4. The number of nitrogens with one attached hydrogen (secondary N) is 1. The summed E-state index contributed by atoms with van der Waals surface area (Å²) in [5.74, 6) is -0.299. The monoisotopic (exact) mass is 313 g/mol. The van der Waals surface area contributed by atoms with E-state index in [2.05, 4.69) is 5.32 Å². The van der Waals surface area contributed by atoms with E-state index in [0.29, 0.717) is 17.7 Å². The van der Waals surface area contributed by atoms with Crippen molar-refractivity contribution in [3.63, 3.8) is 0 Å². The first-order valence-corrected chi connectivity index (χ1v) is 8.47. The van der Waals surface area contributed by atoms with Crippen molar-refractivity contribution in [1.29, 1.82) is 0 Å². The predicted octanol–water partition coefficient (Wildman–Crippen LogP) is 1.21. The Balaban J connectivity index is 3.03. The highest BCUT2D eigenvalue weighted by molar-refractivity contribution is 7.89. The van der Waals surface area contributed by atoms with E-state index in [0.717, 1.165) is 6.42 Å². The first kappa shape index (κ1) is 17.6. The number of primary sulfonamides is 1. The Labute approximate surface area is 126 Å². The van der Waals surface area contributed by atoms with Gasteiger partial charge in [-0.05, 0) is 30.0 Å². The SMILES string of the molecule is CCc1ccc(NC(=O)C(N)C(C)CC)cc1S(N)(=O)=O. The normalized spacial score (nSPS) is 14.5. The Hall–Kier alpha value is -1.44. The summed E-state index contributed by atoms with van der Waals surface area (Å²) in [6.07, 6.45) is 1.32. The molecule has 0 aliphatic heterocycles. The van der Waals surface area contributed by atoms with Crippen molar-refractivity contribution >= 4 is 21.6 Å². The number of hydrogen-bond donors (Lipinski definition) is 3. The van der Waals surface area contributed by atoms with Gasteiger partial charge in [0.25, 0.3) is 0 Å². The van der Waals surface area contributed by atoms with Crippen LogP contribution in [0.25, 0.3) is 0 Å². The number of sulfonamides is 1. The molecule has 0 heterocycles. The second-order valence-electron chi connectivity index (χ2n) is 5.12. The van der Waals surface area contributed by atoms with Gasteiger partial charge in [0.15, 0.2) is 0 Å². The van der Waals surface area contributed by atoms with Gasteiger partial charge in [-0.2, -0.15) is 0 Å². The summed E-state index contributed by atoms with van der Waals surface area (Å²) in [6, 6.07) is 4.02. The van der Waals surface area contributed by atoms with Gasteiger partial charge in [0.05, 0.1) is 10.9 Å². The zero-order valence-electron chi connectivity index (χ0n) is 12.6. The third-order valence-electron chi connectivity index (χ3n) is 3.58. The largest absolute Gasteiger partial charge is 0.325 e. The fourth-order valence-corrected chi connectivity index (χ4v) is 2.80. The maximum Gasteiger partial charge on any atom is 0.241 e. The number of nitrogens with two attached hydrogens (primary N) is 2. The summed E-state index contributed by atoms with van der Waals surface area (Å²) in [7, 11) is -3.83. The summed E-state index contributed by atoms with van der Waals surface area (Å²) < 4.78 is 23.2. The van der Waals surface area contributed by atoms with Gasteiger partial charge < -0.3 is 11.1 Å². The smallest absolute Gasteiger partial charge is 0.241 e. The van der Waals surface area contributed by atoms with Crippen molar-refractivity contribution in [2.45, 2.75) is 44.6 Å². The van der Waals surface area contributed by atoms with Crippen molar-refractivity contribution in [1.82, 2.24) is 0 Å². The zero-order chi connectivity index (χ0) is 16.2. The van der Waals surface area contributed by atoms with Crippen molar-refractivity contribution in [3.05, 3.63) is 23.8 Å². The molecule has 0 radical (unpaired) electrons. The molecule has 0 aliphatic carbocycles. The van der Waals surface area contributed by atoms with Crippen LogP contribution >= 0.6 is 0 Å². The van der Waals surface area contributed by atoms with Crippen molar-refractivity contribution in [2.75, 3.05) is 5.32 Å². The van der Waals surface area contributed by atoms with E-state index in [4.69, 9.17) is 10.9 Å². The molecule has 2 atom stereocenters. The highest BCUT2D eigenvalue weighted by atomic mass is 32.2. The van der Waals surface area contributed by atoms with E-state index in [1.54, 1.807) is 12.1 Å². The van der Waals surface area contributed by atoms with Crippen molar-refractivity contribution in [2.24, 2.45) is 16.8 Å². The molecule has 0 aliphatic rings. The fourth-order valence-electron chi connectivity index (χ4n) is 1.93. The lowest BCUT2D eigenvalue weighted by Gasteiger charge is -2.18. The molecule has 2 unspecified atom stereocenters. The molecule has 1 aromatic carbocycles. The molecule has 1 amide bonds. The van der Waals surface area contributed by atoms with E-state index in [1.165, 1.54) is 6.07 Å². The average molecular weight is 313 g/mol. The van der Waals surface area contributed by atoms with Crippen LogP contribution in [0.15, 0.2) is 23.1 Å². The number of aryl methyl sites for hydroxylation is 1. The Morgan fingerprint density at radius 1 is 1.33 bits per heavy atom. The van der Waals surface area contributed by atoms with Gasteiger partial charge >= 0.3 is 0 Å². The molecule has 0 spiro atoms. The second-order valence-corrected chi connectivity index (χ2v) is 6.65. The maximum atomic E-state index is 12.0. The van der Waals surface area contributed by atoms with Crippen LogP contribution in [0.1, 0.15) is 32.8 Å². The number of anilines is 1. The van der Waals surface area contributed by atoms with Crippen LogP contribution in [0, 0.1) is 5.92 Å². The minimum Gasteiger partial charge on any atom is -0.325 e. The van der Waals surface area contributed by atoms with Crippen LogP contribution in [-0.2, 0) is 21.2 Å². The number of rotatable bonds is 6. The summed E-state index contributed by atoms with van der Waals surface area (Å²) in [4.78, 5) is 12.0. The molecule has 1 aromatic rings. The molecule has 118 valence electrons. The van der Waals surface area contributed by atoms with Crippen LogP contribution in [0.4, 0.5) is 5.69 Å². The lowest BCUT2D eigenvalue weighted by Crippen LogP contribution is -2.40. The molecule has 0 bridgehead atoms. The van der Waals surface area contributed by atoms with E-state index in [9.17, 15) is 13.2 Å². The average Bonchev–Trinajstić information content (AvgIpc) is 2.44. The van der Waals surface area contributed by atoms with E-state index >= 15 is 0 Å². The standard InChI is InChI=1S/C14H23N3O3S/c1-4-9(3)13(15)14(18)17-11-7-6-10(5-2)12(8-11)21(16,19)20/h6-9,13H,4-5,15H2,1-3H3,(H,17,18)(H2,16,19,20). The molecule has 0 fully saturated rings. The Kier molecular flexibility index (Phi) is 5.88. The summed E-state index contributed by atoms with van der Waals surface area (Å²) in [5.41, 5.74) is 6.83. The van der Waals surface area contributed by atoms with Gasteiger partial charge in [-0.25, -0.2) is 13.6 Å². The molecular formula is C14H23N3O3S. The summed E-state index contributed by atoms with van der Waals surface area (Å²) in [6.45, 7) is 5.67. The summed E-state index contributed by atoms with van der Waals surface area (Å²) >= 11 is 0. The third-order valence-corrected chi connectivity index (χ3v) is 4.57. The Morgan fingerprint density at radius 3 is 2.43 bits per heavy atom. The number of benzene rings is 1. The fraction of sp³-hybridized carbons (Fsp3) is 0.500. The number of hydrogen-bond acceptors (Lipinski definition) is 4. The van der Waals surface area contributed by atoms with Crippen LogP contribution in [-0.4, -0.2) is 20.4 Å². The van der Waals surface area contributed by atoms with E-state index in [-0.39, 0.29) is 16.7 Å². The molecule has 0 saturated carbocycles. The highest BCUT2D eigenvalue weighted by Gasteiger charge is 2.20. The highest BCUT2D eigenvalue weighted by Crippen LogP contribution is 2.21. The van der Waals surface area contributed by atoms with Gasteiger partial charge in [-0.3, -0.25) is 4.79 Å². The maximum absolute atomic E-state index is 12.0. The van der Waals surface area contributed by atoms with Crippen molar-refractivity contribution < 1.29 is 13.2 Å². The first-order chi connectivity index (χ1) is 9.70. The number of carbonyl (C=O) groups is 1. The van der Waals surface area contributed by atoms with Crippen LogP contribution in [0.2, 0.25) is 0 Å². The van der Waals surface area contributed by atoms with Crippen LogP contribution < -0.4 is 16.2 Å². The predicted molar refractivity (Wildman–Crippen MR) is 83.3 cm³/mol. The van der Waals surface area contributed by atoms with Gasteiger partial charge in [0.1, 0.15) is 0 Å². The molecule has 21 heavy (non-hydrogen) atoms. The Morgan fingerprint density at radius 2 is 1.95 bits per heavy atom.